The molecule has 2 aromatic rings. The number of anilines is 1. The van der Waals surface area contributed by atoms with E-state index in [1.165, 1.54) is 5.56 Å². The molecule has 1 unspecified atom stereocenters. The van der Waals surface area contributed by atoms with Crippen LogP contribution < -0.4 is 11.5 Å². The highest BCUT2D eigenvalue weighted by Gasteiger charge is 2.26. The lowest BCUT2D eigenvalue weighted by Gasteiger charge is -2.27. The van der Waals surface area contributed by atoms with E-state index in [9.17, 15) is 0 Å². The van der Waals surface area contributed by atoms with Crippen molar-refractivity contribution in [2.75, 3.05) is 12.3 Å². The Balaban J connectivity index is 2.27. The zero-order valence-electron chi connectivity index (χ0n) is 10.0. The fraction of sp³-hybridized carbons (Fsp3) is 0.286. The third-order valence-electron chi connectivity index (χ3n) is 3.20. The van der Waals surface area contributed by atoms with Crippen molar-refractivity contribution in [1.29, 1.82) is 0 Å². The summed E-state index contributed by atoms with van der Waals surface area (Å²) < 4.78 is 5.40. The van der Waals surface area contributed by atoms with Crippen molar-refractivity contribution in [2.45, 2.75) is 18.8 Å². The van der Waals surface area contributed by atoms with Gasteiger partial charge < -0.3 is 15.9 Å². The molecule has 0 aliphatic carbocycles. The zero-order chi connectivity index (χ0) is 12.3. The van der Waals surface area contributed by atoms with Gasteiger partial charge in [-0.3, -0.25) is 0 Å². The van der Waals surface area contributed by atoms with Gasteiger partial charge in [-0.05, 0) is 29.8 Å². The van der Waals surface area contributed by atoms with Crippen molar-refractivity contribution in [3.8, 4) is 0 Å². The van der Waals surface area contributed by atoms with E-state index in [2.05, 4.69) is 6.92 Å². The molecule has 1 aromatic carbocycles. The number of hydrogen-bond donors (Lipinski definition) is 2. The van der Waals surface area contributed by atoms with Crippen LogP contribution in [0.1, 0.15) is 18.2 Å². The fourth-order valence-electron chi connectivity index (χ4n) is 1.98. The molecule has 2 rings (SSSR count). The van der Waals surface area contributed by atoms with Crippen molar-refractivity contribution in [1.82, 2.24) is 0 Å². The van der Waals surface area contributed by atoms with Gasteiger partial charge in [0.25, 0.3) is 0 Å². The smallest absolute Gasteiger partial charge is 0.104 e. The molecule has 1 atom stereocenters. The highest BCUT2D eigenvalue weighted by atomic mass is 16.3. The average Bonchev–Trinajstić information content (AvgIpc) is 2.82. The Hall–Kier alpha value is -1.74. The van der Waals surface area contributed by atoms with Crippen LogP contribution in [0.15, 0.2) is 47.1 Å². The molecule has 0 radical (unpaired) electrons. The van der Waals surface area contributed by atoms with Crippen LogP contribution in [0, 0.1) is 0 Å². The summed E-state index contributed by atoms with van der Waals surface area (Å²) in [6, 6.07) is 11.8. The van der Waals surface area contributed by atoms with Gasteiger partial charge in [-0.15, -0.1) is 0 Å². The summed E-state index contributed by atoms with van der Waals surface area (Å²) in [7, 11) is 0. The quantitative estimate of drug-likeness (QED) is 0.792. The summed E-state index contributed by atoms with van der Waals surface area (Å²) in [4.78, 5) is 0. The van der Waals surface area contributed by atoms with Crippen LogP contribution in [0.25, 0.3) is 0 Å². The predicted octanol–water partition coefficient (Wildman–Crippen LogP) is 2.32. The number of nitrogens with two attached hydrogens (primary N) is 2. The second kappa shape index (κ2) is 4.63. The highest BCUT2D eigenvalue weighted by Crippen LogP contribution is 2.28. The Kier molecular flexibility index (Phi) is 3.20. The van der Waals surface area contributed by atoms with Crippen molar-refractivity contribution < 1.29 is 4.42 Å². The Morgan fingerprint density at radius 1 is 1.18 bits per heavy atom. The minimum atomic E-state index is -0.119. The lowest BCUT2D eigenvalue weighted by molar-refractivity contribution is 0.412. The first kappa shape index (κ1) is 11.7. The van der Waals surface area contributed by atoms with Gasteiger partial charge >= 0.3 is 0 Å². The van der Waals surface area contributed by atoms with Crippen LogP contribution >= 0.6 is 0 Å². The molecule has 3 heteroatoms. The number of rotatable bonds is 4. The average molecular weight is 230 g/mol. The normalized spacial score (nSPS) is 14.5. The lowest BCUT2D eigenvalue weighted by Crippen LogP contribution is -2.34. The summed E-state index contributed by atoms with van der Waals surface area (Å²) in [6.07, 6.45) is 2.48. The minimum absolute atomic E-state index is 0.119. The van der Waals surface area contributed by atoms with Crippen molar-refractivity contribution >= 4 is 5.69 Å². The van der Waals surface area contributed by atoms with E-state index in [4.69, 9.17) is 15.9 Å². The van der Waals surface area contributed by atoms with E-state index < -0.39 is 0 Å². The zero-order valence-corrected chi connectivity index (χ0v) is 10.0. The molecule has 90 valence electrons. The maximum Gasteiger partial charge on any atom is 0.104 e. The Morgan fingerprint density at radius 3 is 2.41 bits per heavy atom. The van der Waals surface area contributed by atoms with Gasteiger partial charge in [0.2, 0.25) is 0 Å². The molecule has 0 bridgehead atoms. The number of furan rings is 1. The van der Waals surface area contributed by atoms with E-state index in [1.807, 2.05) is 36.4 Å². The number of nitrogen functional groups attached to an aromatic ring is 1. The molecule has 0 fully saturated rings. The third-order valence-corrected chi connectivity index (χ3v) is 3.20. The Labute approximate surface area is 101 Å². The molecule has 0 amide bonds. The van der Waals surface area contributed by atoms with E-state index in [-0.39, 0.29) is 5.41 Å². The summed E-state index contributed by atoms with van der Waals surface area (Å²) in [5.41, 5.74) is 13.5. The summed E-state index contributed by atoms with van der Waals surface area (Å²) in [6.45, 7) is 2.71. The largest absolute Gasteiger partial charge is 0.469 e. The standard InChI is InChI=1S/C14H18N2O/c1-14(10-15,9-13-3-2-8-17-13)11-4-6-12(16)7-5-11/h2-8H,9-10,15-16H2,1H3. The summed E-state index contributed by atoms with van der Waals surface area (Å²) in [5, 5.41) is 0. The Morgan fingerprint density at radius 2 is 1.88 bits per heavy atom. The SMILES string of the molecule is CC(CN)(Cc1ccco1)c1ccc(N)cc1. The van der Waals surface area contributed by atoms with E-state index in [1.54, 1.807) is 6.26 Å². The number of hydrogen-bond acceptors (Lipinski definition) is 3. The fourth-order valence-corrected chi connectivity index (χ4v) is 1.98. The van der Waals surface area contributed by atoms with Gasteiger partial charge in [-0.1, -0.05) is 19.1 Å². The molecule has 0 saturated carbocycles. The molecule has 4 N–H and O–H groups in total. The van der Waals surface area contributed by atoms with Crippen LogP contribution in [-0.2, 0) is 11.8 Å². The molecule has 3 nitrogen and oxygen atoms in total. The second-order valence-electron chi connectivity index (χ2n) is 4.64. The van der Waals surface area contributed by atoms with Crippen LogP contribution in [0.2, 0.25) is 0 Å². The predicted molar refractivity (Wildman–Crippen MR) is 69.7 cm³/mol. The topological polar surface area (TPSA) is 65.2 Å². The maximum absolute atomic E-state index is 5.92. The molecule has 0 spiro atoms. The molecule has 0 aliphatic heterocycles. The van der Waals surface area contributed by atoms with Gasteiger partial charge in [0.1, 0.15) is 5.76 Å². The lowest BCUT2D eigenvalue weighted by atomic mass is 9.79. The second-order valence-corrected chi connectivity index (χ2v) is 4.64. The molecule has 0 saturated heterocycles. The van der Waals surface area contributed by atoms with Gasteiger partial charge in [0.15, 0.2) is 0 Å². The summed E-state index contributed by atoms with van der Waals surface area (Å²) >= 11 is 0. The molecular formula is C14H18N2O. The first-order valence-corrected chi connectivity index (χ1v) is 5.72. The Bertz CT molecular complexity index is 461. The van der Waals surface area contributed by atoms with Crippen LogP contribution in [-0.4, -0.2) is 6.54 Å². The van der Waals surface area contributed by atoms with Crippen LogP contribution in [0.4, 0.5) is 5.69 Å². The van der Waals surface area contributed by atoms with Gasteiger partial charge in [-0.25, -0.2) is 0 Å². The van der Waals surface area contributed by atoms with Crippen molar-refractivity contribution in [3.63, 3.8) is 0 Å². The first-order valence-electron chi connectivity index (χ1n) is 5.72. The monoisotopic (exact) mass is 230 g/mol. The van der Waals surface area contributed by atoms with Crippen LogP contribution in [0.5, 0.6) is 0 Å². The minimum Gasteiger partial charge on any atom is -0.469 e. The maximum atomic E-state index is 5.92. The van der Waals surface area contributed by atoms with Crippen LogP contribution in [0.3, 0.4) is 0 Å². The number of benzene rings is 1. The van der Waals surface area contributed by atoms with E-state index in [0.717, 1.165) is 17.9 Å². The van der Waals surface area contributed by atoms with Gasteiger partial charge in [0, 0.05) is 24.1 Å². The summed E-state index contributed by atoms with van der Waals surface area (Å²) in [5.74, 6) is 0.953. The van der Waals surface area contributed by atoms with E-state index >= 15 is 0 Å². The molecule has 17 heavy (non-hydrogen) atoms. The van der Waals surface area contributed by atoms with Gasteiger partial charge in [0.05, 0.1) is 6.26 Å². The van der Waals surface area contributed by atoms with Crippen molar-refractivity contribution in [2.24, 2.45) is 5.73 Å². The van der Waals surface area contributed by atoms with Gasteiger partial charge in [-0.2, -0.15) is 0 Å². The third kappa shape index (κ3) is 2.50. The molecule has 1 aromatic heterocycles. The highest BCUT2D eigenvalue weighted by molar-refractivity contribution is 5.41. The molecular weight excluding hydrogens is 212 g/mol. The first-order chi connectivity index (χ1) is 8.14. The molecule has 1 heterocycles. The molecule has 0 aliphatic rings. The van der Waals surface area contributed by atoms with E-state index in [0.29, 0.717) is 6.54 Å². The van der Waals surface area contributed by atoms with Crippen molar-refractivity contribution in [3.05, 3.63) is 54.0 Å².